The highest BCUT2D eigenvalue weighted by Crippen LogP contribution is 2.43. The van der Waals surface area contributed by atoms with Gasteiger partial charge in [0.1, 0.15) is 23.9 Å². The molecule has 3 heterocycles. The van der Waals surface area contributed by atoms with Crippen molar-refractivity contribution in [2.24, 2.45) is 0 Å². The minimum absolute atomic E-state index is 0.148. The number of ether oxygens (including phenoxy) is 3. The molecule has 0 saturated carbocycles. The first kappa shape index (κ1) is 21.8. The van der Waals surface area contributed by atoms with Crippen molar-refractivity contribution in [1.82, 2.24) is 14.9 Å². The number of nitrogens with zero attached hydrogens (tertiary/aromatic N) is 3. The van der Waals surface area contributed by atoms with Crippen LogP contribution < -0.4 is 24.8 Å². The zero-order valence-electron chi connectivity index (χ0n) is 18.8. The van der Waals surface area contributed by atoms with Gasteiger partial charge in [0.15, 0.2) is 17.3 Å². The summed E-state index contributed by atoms with van der Waals surface area (Å²) in [6, 6.07) is 9.93. The van der Waals surface area contributed by atoms with Crippen LogP contribution in [-0.2, 0) is 6.54 Å². The summed E-state index contributed by atoms with van der Waals surface area (Å²) in [5.41, 5.74) is 3.73. The molecule has 2 aromatic carbocycles. The Morgan fingerprint density at radius 1 is 1.21 bits per heavy atom. The first-order valence-electron chi connectivity index (χ1n) is 10.9. The molecule has 1 aromatic heterocycles. The summed E-state index contributed by atoms with van der Waals surface area (Å²) in [7, 11) is 3.75. The Balaban J connectivity index is 1.42. The third kappa shape index (κ3) is 4.56. The number of hydrogen-bond acceptors (Lipinski definition) is 8. The molecule has 2 N–H and O–H groups in total. The van der Waals surface area contributed by atoms with Gasteiger partial charge >= 0.3 is 0 Å². The van der Waals surface area contributed by atoms with E-state index in [2.05, 4.69) is 55.4 Å². The standard InChI is InChI=1S/C24H26BrN5O3/c1-14-4-5-16(9-18(14)25)29-23-22-24(28-13-27-23)33-19-10-20(31-3)21(8-15(19)11-26-22)32-17-6-7-30(2)12-17/h4-5,8-10,13,17,26H,6-7,11-12H2,1-3H3,(H,27,28,29)/t17-/m0/s1. The molecule has 0 aliphatic carbocycles. The number of nitrogens with one attached hydrogen (secondary N) is 2. The molecule has 33 heavy (non-hydrogen) atoms. The number of rotatable bonds is 5. The molecule has 0 amide bonds. The lowest BCUT2D eigenvalue weighted by Crippen LogP contribution is -2.21. The fourth-order valence-corrected chi connectivity index (χ4v) is 4.41. The number of aryl methyl sites for hydroxylation is 1. The van der Waals surface area contributed by atoms with Gasteiger partial charge in [-0.25, -0.2) is 4.98 Å². The SMILES string of the molecule is COc1cc2c(cc1O[C@H]1CCN(C)C1)CNc1c(Nc3ccc(C)c(Br)c3)ncnc1O2. The van der Waals surface area contributed by atoms with E-state index in [9.17, 15) is 0 Å². The smallest absolute Gasteiger partial charge is 0.248 e. The maximum absolute atomic E-state index is 6.28. The molecule has 1 atom stereocenters. The zero-order chi connectivity index (χ0) is 22.9. The molecule has 0 unspecified atom stereocenters. The van der Waals surface area contributed by atoms with Crippen molar-refractivity contribution in [3.63, 3.8) is 0 Å². The lowest BCUT2D eigenvalue weighted by Gasteiger charge is -2.18. The lowest BCUT2D eigenvalue weighted by atomic mass is 10.1. The van der Waals surface area contributed by atoms with Crippen LogP contribution in [0.3, 0.4) is 0 Å². The van der Waals surface area contributed by atoms with Gasteiger partial charge < -0.3 is 29.7 Å². The highest BCUT2D eigenvalue weighted by molar-refractivity contribution is 9.10. The van der Waals surface area contributed by atoms with Crippen LogP contribution in [0.2, 0.25) is 0 Å². The van der Waals surface area contributed by atoms with E-state index in [-0.39, 0.29) is 6.10 Å². The molecule has 2 aliphatic rings. The summed E-state index contributed by atoms with van der Waals surface area (Å²) in [4.78, 5) is 11.1. The van der Waals surface area contributed by atoms with E-state index in [0.29, 0.717) is 35.4 Å². The maximum atomic E-state index is 6.28. The highest BCUT2D eigenvalue weighted by atomic mass is 79.9. The van der Waals surface area contributed by atoms with Crippen LogP contribution in [0.5, 0.6) is 23.1 Å². The van der Waals surface area contributed by atoms with Crippen LogP contribution in [0.4, 0.5) is 17.2 Å². The van der Waals surface area contributed by atoms with Gasteiger partial charge in [-0.1, -0.05) is 22.0 Å². The van der Waals surface area contributed by atoms with Gasteiger partial charge in [-0.2, -0.15) is 4.98 Å². The molecule has 2 aliphatic heterocycles. The molecule has 1 saturated heterocycles. The largest absolute Gasteiger partial charge is 0.493 e. The average molecular weight is 512 g/mol. The summed E-state index contributed by atoms with van der Waals surface area (Å²) in [5.74, 6) is 3.13. The number of anilines is 3. The van der Waals surface area contributed by atoms with Gasteiger partial charge in [0.25, 0.3) is 0 Å². The number of fused-ring (bicyclic) bond motifs is 2. The number of hydrogen-bond donors (Lipinski definition) is 2. The van der Waals surface area contributed by atoms with Crippen molar-refractivity contribution in [2.45, 2.75) is 26.0 Å². The first-order chi connectivity index (χ1) is 16.0. The number of benzene rings is 2. The molecular formula is C24H26BrN5O3. The van der Waals surface area contributed by atoms with E-state index < -0.39 is 0 Å². The number of methoxy groups -OCH3 is 1. The molecule has 9 heteroatoms. The topological polar surface area (TPSA) is 80.8 Å². The molecule has 0 bridgehead atoms. The summed E-state index contributed by atoms with van der Waals surface area (Å²) in [6.07, 6.45) is 2.63. The van der Waals surface area contributed by atoms with Gasteiger partial charge in [-0.15, -0.1) is 0 Å². The molecule has 0 spiro atoms. The normalized spacial score (nSPS) is 17.3. The second-order valence-corrected chi connectivity index (χ2v) is 9.20. The molecule has 172 valence electrons. The summed E-state index contributed by atoms with van der Waals surface area (Å²) in [6.45, 7) is 4.52. The van der Waals surface area contributed by atoms with Crippen molar-refractivity contribution in [2.75, 3.05) is 37.9 Å². The minimum Gasteiger partial charge on any atom is -0.493 e. The fraction of sp³-hybridized carbons (Fsp3) is 0.333. The van der Waals surface area contributed by atoms with Gasteiger partial charge in [-0.3, -0.25) is 0 Å². The fourth-order valence-electron chi connectivity index (χ4n) is 4.03. The number of likely N-dealkylation sites (N-methyl/N-ethyl adjacent to an activating group) is 1. The Hall–Kier alpha value is -3.04. The van der Waals surface area contributed by atoms with Crippen LogP contribution in [0.1, 0.15) is 17.5 Å². The second-order valence-electron chi connectivity index (χ2n) is 8.35. The first-order valence-corrected chi connectivity index (χ1v) is 11.7. The van der Waals surface area contributed by atoms with E-state index in [1.165, 1.54) is 6.33 Å². The third-order valence-corrected chi connectivity index (χ3v) is 6.75. The third-order valence-electron chi connectivity index (χ3n) is 5.90. The molecular weight excluding hydrogens is 486 g/mol. The Kier molecular flexibility index (Phi) is 5.99. The molecule has 8 nitrogen and oxygen atoms in total. The Morgan fingerprint density at radius 3 is 2.85 bits per heavy atom. The minimum atomic E-state index is 0.148. The Morgan fingerprint density at radius 2 is 2.09 bits per heavy atom. The summed E-state index contributed by atoms with van der Waals surface area (Å²) in [5, 5.41) is 6.80. The summed E-state index contributed by atoms with van der Waals surface area (Å²) < 4.78 is 19.1. The summed E-state index contributed by atoms with van der Waals surface area (Å²) >= 11 is 3.58. The number of likely N-dealkylation sites (tertiary alicyclic amines) is 1. The lowest BCUT2D eigenvalue weighted by molar-refractivity contribution is 0.199. The predicted molar refractivity (Wildman–Crippen MR) is 131 cm³/mol. The Bertz CT molecular complexity index is 1190. The number of halogens is 1. The van der Waals surface area contributed by atoms with Crippen LogP contribution in [-0.4, -0.2) is 48.2 Å². The second kappa shape index (κ2) is 9.07. The van der Waals surface area contributed by atoms with Gasteiger partial charge in [-0.05, 0) is 44.2 Å². The average Bonchev–Trinajstić information content (AvgIpc) is 3.11. The van der Waals surface area contributed by atoms with Crippen molar-refractivity contribution < 1.29 is 14.2 Å². The van der Waals surface area contributed by atoms with E-state index in [1.54, 1.807) is 7.11 Å². The Labute approximate surface area is 201 Å². The van der Waals surface area contributed by atoms with Gasteiger partial charge in [0.05, 0.1) is 7.11 Å². The monoisotopic (exact) mass is 511 g/mol. The van der Waals surface area contributed by atoms with Crippen molar-refractivity contribution >= 4 is 33.1 Å². The quantitative estimate of drug-likeness (QED) is 0.489. The molecule has 5 rings (SSSR count). The predicted octanol–water partition coefficient (Wildman–Crippen LogP) is 5.10. The van der Waals surface area contributed by atoms with Crippen molar-refractivity contribution in [3.05, 3.63) is 52.3 Å². The van der Waals surface area contributed by atoms with Gasteiger partial charge in [0.2, 0.25) is 5.88 Å². The van der Waals surface area contributed by atoms with Crippen LogP contribution in [0, 0.1) is 6.92 Å². The van der Waals surface area contributed by atoms with Crippen LogP contribution in [0.25, 0.3) is 0 Å². The maximum Gasteiger partial charge on any atom is 0.248 e. The highest BCUT2D eigenvalue weighted by Gasteiger charge is 2.25. The molecule has 0 radical (unpaired) electrons. The van der Waals surface area contributed by atoms with E-state index in [4.69, 9.17) is 14.2 Å². The van der Waals surface area contributed by atoms with E-state index in [1.807, 2.05) is 30.3 Å². The van der Waals surface area contributed by atoms with Crippen molar-refractivity contribution in [1.29, 1.82) is 0 Å². The van der Waals surface area contributed by atoms with E-state index in [0.717, 1.165) is 46.5 Å². The molecule has 1 fully saturated rings. The van der Waals surface area contributed by atoms with Crippen molar-refractivity contribution in [3.8, 4) is 23.1 Å². The van der Waals surface area contributed by atoms with Crippen LogP contribution >= 0.6 is 15.9 Å². The van der Waals surface area contributed by atoms with E-state index >= 15 is 0 Å². The molecule has 3 aromatic rings. The zero-order valence-corrected chi connectivity index (χ0v) is 20.4. The number of aromatic nitrogens is 2. The van der Waals surface area contributed by atoms with Crippen LogP contribution in [0.15, 0.2) is 41.1 Å². The van der Waals surface area contributed by atoms with Gasteiger partial charge in [0, 0.05) is 41.4 Å².